The summed E-state index contributed by atoms with van der Waals surface area (Å²) in [6.45, 7) is 0.405. The lowest BCUT2D eigenvalue weighted by atomic mass is 10.1. The predicted molar refractivity (Wildman–Crippen MR) is 134 cm³/mol. The van der Waals surface area contributed by atoms with Gasteiger partial charge in [-0.05, 0) is 30.3 Å². The summed E-state index contributed by atoms with van der Waals surface area (Å²) >= 11 is 7.46. The molecule has 0 aliphatic carbocycles. The van der Waals surface area contributed by atoms with E-state index in [2.05, 4.69) is 10.4 Å². The number of anilines is 1. The van der Waals surface area contributed by atoms with Crippen molar-refractivity contribution in [3.8, 4) is 17.0 Å². The normalized spacial score (nSPS) is 10.7. The van der Waals surface area contributed by atoms with Crippen molar-refractivity contribution in [2.45, 2.75) is 6.54 Å². The topological polar surface area (TPSA) is 104 Å². The van der Waals surface area contributed by atoms with Gasteiger partial charge in [0.2, 0.25) is 0 Å². The summed E-state index contributed by atoms with van der Waals surface area (Å²) in [5.41, 5.74) is 0.517. The van der Waals surface area contributed by atoms with E-state index in [1.807, 2.05) is 6.07 Å². The number of nitrogens with one attached hydrogen (secondary N) is 1. The average molecular weight is 513 g/mol. The average Bonchev–Trinajstić information content (AvgIpc) is 3.49. The molecule has 9 nitrogen and oxygen atoms in total. The number of benzene rings is 1. The van der Waals surface area contributed by atoms with Crippen LogP contribution in [0, 0.1) is 0 Å². The molecule has 1 aromatic carbocycles. The fraction of sp³-hybridized carbons (Fsp3) is 0.167. The molecule has 1 N–H and O–H groups in total. The fourth-order valence-corrected chi connectivity index (χ4v) is 4.50. The Hall–Kier alpha value is -3.89. The maximum atomic E-state index is 13.5. The quantitative estimate of drug-likeness (QED) is 0.372. The van der Waals surface area contributed by atoms with Gasteiger partial charge >= 0.3 is 5.97 Å². The van der Waals surface area contributed by atoms with E-state index in [1.54, 1.807) is 36.4 Å². The molecule has 0 saturated heterocycles. The highest BCUT2D eigenvalue weighted by Crippen LogP contribution is 2.27. The first-order valence-corrected chi connectivity index (χ1v) is 11.6. The van der Waals surface area contributed by atoms with Crippen molar-refractivity contribution in [1.82, 2.24) is 14.3 Å². The molecule has 0 aliphatic rings. The van der Waals surface area contributed by atoms with Crippen molar-refractivity contribution in [3.63, 3.8) is 0 Å². The van der Waals surface area contributed by atoms with Gasteiger partial charge in [-0.15, -0.1) is 11.3 Å². The van der Waals surface area contributed by atoms with Gasteiger partial charge < -0.3 is 19.4 Å². The molecule has 0 bridgehead atoms. The number of halogens is 1. The smallest absolute Gasteiger partial charge is 0.343 e. The van der Waals surface area contributed by atoms with E-state index in [1.165, 1.54) is 54.1 Å². The third-order valence-corrected chi connectivity index (χ3v) is 6.43. The van der Waals surface area contributed by atoms with Crippen molar-refractivity contribution < 1.29 is 19.1 Å². The largest absolute Gasteiger partial charge is 0.496 e. The number of methoxy groups -OCH3 is 2. The van der Waals surface area contributed by atoms with Gasteiger partial charge in [-0.2, -0.15) is 9.78 Å². The van der Waals surface area contributed by atoms with Crippen LogP contribution in [0.1, 0.15) is 25.6 Å². The van der Waals surface area contributed by atoms with Crippen LogP contribution in [0.4, 0.5) is 5.82 Å². The first-order valence-electron chi connectivity index (χ1n) is 10.4. The number of aromatic nitrogens is 3. The van der Waals surface area contributed by atoms with E-state index in [4.69, 9.17) is 21.1 Å². The van der Waals surface area contributed by atoms with Crippen molar-refractivity contribution in [2.24, 2.45) is 7.05 Å². The number of carbonyl (C=O) groups excluding carboxylic acids is 2. The van der Waals surface area contributed by atoms with E-state index in [0.717, 1.165) is 4.88 Å². The minimum absolute atomic E-state index is 0.138. The lowest BCUT2D eigenvalue weighted by molar-refractivity contribution is 0.0598. The zero-order chi connectivity index (χ0) is 25.1. The maximum Gasteiger partial charge on any atom is 0.343 e. The number of esters is 1. The molecule has 3 heterocycles. The molecule has 0 radical (unpaired) electrons. The van der Waals surface area contributed by atoms with E-state index in [-0.39, 0.29) is 5.56 Å². The van der Waals surface area contributed by atoms with Gasteiger partial charge in [-0.1, -0.05) is 23.7 Å². The van der Waals surface area contributed by atoms with E-state index in [0.29, 0.717) is 39.3 Å². The summed E-state index contributed by atoms with van der Waals surface area (Å²) in [5, 5.41) is 7.73. The number of hydrogen-bond acceptors (Lipinski definition) is 8. The van der Waals surface area contributed by atoms with Crippen LogP contribution in [-0.4, -0.2) is 40.4 Å². The van der Waals surface area contributed by atoms with Crippen molar-refractivity contribution in [3.05, 3.63) is 85.4 Å². The number of rotatable bonds is 7. The number of hydrogen-bond donors (Lipinski definition) is 1. The summed E-state index contributed by atoms with van der Waals surface area (Å²) < 4.78 is 13.2. The highest BCUT2D eigenvalue weighted by molar-refractivity contribution is 7.16. The van der Waals surface area contributed by atoms with E-state index < -0.39 is 17.4 Å². The van der Waals surface area contributed by atoms with Crippen molar-refractivity contribution in [1.29, 1.82) is 0 Å². The van der Waals surface area contributed by atoms with Crippen molar-refractivity contribution in [2.75, 3.05) is 19.5 Å². The molecule has 0 unspecified atom stereocenters. The second-order valence-corrected chi connectivity index (χ2v) is 9.24. The van der Waals surface area contributed by atoms with Crippen molar-refractivity contribution >= 4 is 40.6 Å². The minimum atomic E-state index is -0.759. The molecule has 0 aliphatic heterocycles. The number of carbonyl (C=O) groups is 2. The fourth-order valence-electron chi connectivity index (χ4n) is 3.47. The summed E-state index contributed by atoms with van der Waals surface area (Å²) in [5.74, 6) is -0.363. The van der Waals surface area contributed by atoms with Gasteiger partial charge in [-0.3, -0.25) is 9.59 Å². The Kier molecular flexibility index (Phi) is 7.04. The van der Waals surface area contributed by atoms with Crippen LogP contribution < -0.4 is 15.6 Å². The Morgan fingerprint density at radius 1 is 1.11 bits per heavy atom. The maximum absolute atomic E-state index is 13.5. The van der Waals surface area contributed by atoms with Crippen LogP contribution >= 0.6 is 22.9 Å². The Bertz CT molecular complexity index is 1470. The molecule has 3 aromatic heterocycles. The SMILES string of the molecule is COC(=O)c1cc(-c2cc(NCc3ccc(Cl)s3)n(C(=O)c3ccccc3OC)n2)cn(C)c1=O. The Balaban J connectivity index is 1.80. The lowest BCUT2D eigenvalue weighted by Gasteiger charge is -2.10. The number of pyridine rings is 1. The molecule has 0 amide bonds. The van der Waals surface area contributed by atoms with Crippen LogP contribution in [0.15, 0.2) is 59.5 Å². The lowest BCUT2D eigenvalue weighted by Crippen LogP contribution is -2.24. The van der Waals surface area contributed by atoms with Crippen LogP contribution in [0.5, 0.6) is 5.75 Å². The molecule has 0 atom stereocenters. The summed E-state index contributed by atoms with van der Waals surface area (Å²) in [6.07, 6.45) is 1.54. The van der Waals surface area contributed by atoms with Crippen LogP contribution in [0.3, 0.4) is 0 Å². The van der Waals surface area contributed by atoms with Gasteiger partial charge in [0, 0.05) is 29.8 Å². The minimum Gasteiger partial charge on any atom is -0.496 e. The second kappa shape index (κ2) is 10.2. The van der Waals surface area contributed by atoms with Gasteiger partial charge in [-0.25, -0.2) is 4.79 Å². The summed E-state index contributed by atoms with van der Waals surface area (Å²) in [7, 11) is 4.21. The molecule has 180 valence electrons. The molecule has 4 aromatic rings. The van der Waals surface area contributed by atoms with Gasteiger partial charge in [0.15, 0.2) is 0 Å². The number of para-hydroxylation sites is 1. The second-order valence-electron chi connectivity index (χ2n) is 7.44. The molecule has 35 heavy (non-hydrogen) atoms. The van der Waals surface area contributed by atoms with E-state index >= 15 is 0 Å². The van der Waals surface area contributed by atoms with Gasteiger partial charge in [0.25, 0.3) is 11.5 Å². The predicted octanol–water partition coefficient (Wildman–Crippen LogP) is 4.06. The molecule has 0 fully saturated rings. The summed E-state index contributed by atoms with van der Waals surface area (Å²) in [4.78, 5) is 39.0. The Morgan fingerprint density at radius 3 is 2.57 bits per heavy atom. The van der Waals surface area contributed by atoms with Crippen LogP contribution in [-0.2, 0) is 18.3 Å². The molecule has 4 rings (SSSR count). The van der Waals surface area contributed by atoms with Gasteiger partial charge in [0.05, 0.1) is 36.4 Å². The Morgan fingerprint density at radius 2 is 1.89 bits per heavy atom. The molecule has 0 spiro atoms. The number of nitrogens with zero attached hydrogens (tertiary/aromatic N) is 3. The molecule has 0 saturated carbocycles. The van der Waals surface area contributed by atoms with Crippen LogP contribution in [0.25, 0.3) is 11.3 Å². The zero-order valence-corrected chi connectivity index (χ0v) is 20.6. The zero-order valence-electron chi connectivity index (χ0n) is 19.1. The van der Waals surface area contributed by atoms with E-state index in [9.17, 15) is 14.4 Å². The van der Waals surface area contributed by atoms with Crippen LogP contribution in [0.2, 0.25) is 4.34 Å². The first-order chi connectivity index (χ1) is 16.8. The highest BCUT2D eigenvalue weighted by atomic mass is 35.5. The monoisotopic (exact) mass is 512 g/mol. The number of aryl methyl sites for hydroxylation is 1. The molecule has 11 heteroatoms. The third-order valence-electron chi connectivity index (χ3n) is 5.20. The summed E-state index contributed by atoms with van der Waals surface area (Å²) in [6, 6.07) is 13.6. The molecular weight excluding hydrogens is 492 g/mol. The number of thiophene rings is 1. The first kappa shape index (κ1) is 24.2. The standard InChI is InChI=1S/C24H21ClN4O5S/c1-28-13-14(10-17(22(28)30)24(32)34-3)18-11-21(26-12-15-8-9-20(25)35-15)29(27-18)23(31)16-6-4-5-7-19(16)33-2/h4-11,13,26H,12H2,1-3H3. The Labute approximate surface area is 209 Å². The highest BCUT2D eigenvalue weighted by Gasteiger charge is 2.22. The molecular formula is C24H21ClN4O5S. The number of ether oxygens (including phenoxy) is 2. The third kappa shape index (κ3) is 4.98. The van der Waals surface area contributed by atoms with Gasteiger partial charge in [0.1, 0.15) is 17.1 Å².